The van der Waals surface area contributed by atoms with E-state index in [9.17, 15) is 0 Å². The van der Waals surface area contributed by atoms with Crippen LogP contribution in [0, 0.1) is 0 Å². The van der Waals surface area contributed by atoms with Gasteiger partial charge < -0.3 is 0 Å². The van der Waals surface area contributed by atoms with Crippen LogP contribution in [0.1, 0.15) is 0 Å². The van der Waals surface area contributed by atoms with E-state index < -0.39 is 0 Å². The fourth-order valence-corrected chi connectivity index (χ4v) is 8.78. The van der Waals surface area contributed by atoms with Gasteiger partial charge in [0.05, 0.1) is 22.1 Å². The van der Waals surface area contributed by atoms with Crippen molar-refractivity contribution >= 4 is 80.9 Å². The lowest BCUT2D eigenvalue weighted by atomic mass is 9.97. The van der Waals surface area contributed by atoms with Crippen molar-refractivity contribution in [1.29, 1.82) is 0 Å². The first-order chi connectivity index (χ1) is 23.8. The van der Waals surface area contributed by atoms with Crippen LogP contribution in [0.5, 0.6) is 0 Å². The lowest BCUT2D eigenvalue weighted by molar-refractivity contribution is 1.28. The fourth-order valence-electron chi connectivity index (χ4n) is 7.69. The third-order valence-electron chi connectivity index (χ3n) is 9.93. The molecule has 0 unspecified atom stereocenters. The van der Waals surface area contributed by atoms with Crippen LogP contribution in [0.15, 0.2) is 152 Å². The smallest absolute Gasteiger partial charge is 0.165 e. The lowest BCUT2D eigenvalue weighted by Gasteiger charge is -2.08. The van der Waals surface area contributed by atoms with Gasteiger partial charge in [0.1, 0.15) is 5.52 Å². The first-order valence-electron chi connectivity index (χ1n) is 16.2. The second kappa shape index (κ2) is 9.71. The highest BCUT2D eigenvalue weighted by atomic mass is 32.1. The van der Waals surface area contributed by atoms with Crippen LogP contribution in [-0.4, -0.2) is 14.4 Å². The third-order valence-corrected chi connectivity index (χ3v) is 11.1. The molecule has 0 N–H and O–H groups in total. The number of thiophene rings is 1. The van der Waals surface area contributed by atoms with Gasteiger partial charge in [-0.1, -0.05) is 109 Å². The van der Waals surface area contributed by atoms with E-state index >= 15 is 0 Å². The van der Waals surface area contributed by atoms with Crippen LogP contribution in [0.25, 0.3) is 103 Å². The summed E-state index contributed by atoms with van der Waals surface area (Å²) < 4.78 is 4.97. The van der Waals surface area contributed by atoms with Gasteiger partial charge in [-0.25, -0.2) is 9.97 Å². The van der Waals surface area contributed by atoms with E-state index in [0.717, 1.165) is 38.7 Å². The Balaban J connectivity index is 1.25. The molecule has 0 spiro atoms. The topological polar surface area (TPSA) is 30.2 Å². The first kappa shape index (κ1) is 26.0. The Labute approximate surface area is 279 Å². The fraction of sp³-hybridized carbons (Fsp3) is 0. The molecule has 222 valence electrons. The summed E-state index contributed by atoms with van der Waals surface area (Å²) in [5.41, 5.74) is 13.1. The average molecular weight is 628 g/mol. The predicted molar refractivity (Wildman–Crippen MR) is 203 cm³/mol. The zero-order valence-electron chi connectivity index (χ0n) is 25.7. The van der Waals surface area contributed by atoms with Crippen LogP contribution in [0.4, 0.5) is 0 Å². The number of fused-ring (bicyclic) bond motifs is 10. The number of nitrogens with zero attached hydrogens (tertiary/aromatic N) is 3. The van der Waals surface area contributed by atoms with E-state index in [-0.39, 0.29) is 0 Å². The maximum Gasteiger partial charge on any atom is 0.165 e. The molecule has 0 aliphatic carbocycles. The highest BCUT2D eigenvalue weighted by Crippen LogP contribution is 2.45. The Morgan fingerprint density at radius 3 is 1.96 bits per heavy atom. The quantitative estimate of drug-likeness (QED) is 0.195. The monoisotopic (exact) mass is 627 g/mol. The molecule has 48 heavy (non-hydrogen) atoms. The molecular formula is C44H25N3S. The zero-order chi connectivity index (χ0) is 31.3. The Morgan fingerprint density at radius 2 is 1.12 bits per heavy atom. The minimum Gasteiger partial charge on any atom is -0.291 e. The lowest BCUT2D eigenvalue weighted by Crippen LogP contribution is -1.90. The molecule has 0 atom stereocenters. The van der Waals surface area contributed by atoms with Gasteiger partial charge in [0.2, 0.25) is 0 Å². The predicted octanol–water partition coefficient (Wildman–Crippen LogP) is 12.1. The van der Waals surface area contributed by atoms with Gasteiger partial charge in [0.15, 0.2) is 5.65 Å². The molecule has 0 bridgehead atoms. The van der Waals surface area contributed by atoms with Gasteiger partial charge in [0.25, 0.3) is 0 Å². The zero-order valence-corrected chi connectivity index (χ0v) is 26.5. The van der Waals surface area contributed by atoms with Gasteiger partial charge in [-0.15, -0.1) is 11.3 Å². The minimum absolute atomic E-state index is 0.893. The molecule has 0 fully saturated rings. The Morgan fingerprint density at radius 1 is 0.438 bits per heavy atom. The van der Waals surface area contributed by atoms with Crippen molar-refractivity contribution in [3.05, 3.63) is 152 Å². The molecule has 0 saturated heterocycles. The first-order valence-corrected chi connectivity index (χ1v) is 17.1. The number of aromatic nitrogens is 3. The molecule has 11 aromatic rings. The van der Waals surface area contributed by atoms with Crippen molar-refractivity contribution in [2.24, 2.45) is 0 Å². The van der Waals surface area contributed by atoms with E-state index in [2.05, 4.69) is 156 Å². The van der Waals surface area contributed by atoms with Crippen LogP contribution >= 0.6 is 11.3 Å². The van der Waals surface area contributed by atoms with Gasteiger partial charge in [-0.05, 0) is 75.8 Å². The van der Waals surface area contributed by atoms with Crippen LogP contribution < -0.4 is 0 Å². The summed E-state index contributed by atoms with van der Waals surface area (Å²) in [4.78, 5) is 10.8. The Hall–Kier alpha value is -6.10. The number of hydrogen-bond donors (Lipinski definition) is 0. The standard InChI is InChI=1S/C44H25N3S/c1-3-9-26(10-4-1)28-16-21-38-34(23-28)33-19-18-31(30-17-22-40-35(24-30)32-13-7-8-14-39(32)48-40)41-42-44(47(38)43(33)41)46-36-20-15-29(25-37(36)45-42)27-11-5-2-6-12-27/h1-25H. The van der Waals surface area contributed by atoms with Gasteiger partial charge in [-0.2, -0.15) is 0 Å². The highest BCUT2D eigenvalue weighted by molar-refractivity contribution is 7.25. The van der Waals surface area contributed by atoms with E-state index in [0.29, 0.717) is 0 Å². The summed E-state index contributed by atoms with van der Waals surface area (Å²) in [6.45, 7) is 0. The molecular weight excluding hydrogens is 603 g/mol. The molecule has 0 saturated carbocycles. The van der Waals surface area contributed by atoms with E-state index in [1.807, 2.05) is 11.3 Å². The van der Waals surface area contributed by atoms with Crippen molar-refractivity contribution in [3.63, 3.8) is 0 Å². The Bertz CT molecular complexity index is 3050. The van der Waals surface area contributed by atoms with Crippen molar-refractivity contribution in [2.75, 3.05) is 0 Å². The SMILES string of the molecule is c1ccc(-c2ccc3nc4c(nc3c2)c2c(-c3ccc5sc6ccccc6c5c3)ccc3c5cc(-c6ccccc6)ccc5n4c32)cc1. The second-order valence-corrected chi connectivity index (χ2v) is 13.7. The maximum absolute atomic E-state index is 5.43. The molecule has 4 aromatic heterocycles. The second-order valence-electron chi connectivity index (χ2n) is 12.6. The van der Waals surface area contributed by atoms with Gasteiger partial charge >= 0.3 is 0 Å². The van der Waals surface area contributed by atoms with E-state index in [1.54, 1.807) is 0 Å². The molecule has 4 heterocycles. The largest absolute Gasteiger partial charge is 0.291 e. The number of rotatable bonds is 3. The molecule has 11 rings (SSSR count). The van der Waals surface area contributed by atoms with Crippen molar-refractivity contribution in [3.8, 4) is 33.4 Å². The molecule has 0 amide bonds. The highest BCUT2D eigenvalue weighted by Gasteiger charge is 2.23. The number of hydrogen-bond acceptors (Lipinski definition) is 3. The van der Waals surface area contributed by atoms with Crippen molar-refractivity contribution in [2.45, 2.75) is 0 Å². The molecule has 0 aliphatic heterocycles. The summed E-state index contributed by atoms with van der Waals surface area (Å²) in [6, 6.07) is 54.6. The summed E-state index contributed by atoms with van der Waals surface area (Å²) in [7, 11) is 0. The third kappa shape index (κ3) is 3.63. The number of benzene rings is 7. The summed E-state index contributed by atoms with van der Waals surface area (Å²) in [5.74, 6) is 0. The van der Waals surface area contributed by atoms with Crippen LogP contribution in [0.3, 0.4) is 0 Å². The summed E-state index contributed by atoms with van der Waals surface area (Å²) >= 11 is 1.85. The summed E-state index contributed by atoms with van der Waals surface area (Å²) in [5, 5.41) is 6.20. The van der Waals surface area contributed by atoms with Crippen molar-refractivity contribution < 1.29 is 0 Å². The summed E-state index contributed by atoms with van der Waals surface area (Å²) in [6.07, 6.45) is 0. The maximum atomic E-state index is 5.43. The average Bonchev–Trinajstić information content (AvgIpc) is 3.80. The normalized spacial score (nSPS) is 12.2. The molecule has 7 aromatic carbocycles. The van der Waals surface area contributed by atoms with Crippen LogP contribution in [0.2, 0.25) is 0 Å². The van der Waals surface area contributed by atoms with E-state index in [4.69, 9.17) is 9.97 Å². The molecule has 3 nitrogen and oxygen atoms in total. The minimum atomic E-state index is 0.893. The molecule has 0 aliphatic rings. The van der Waals surface area contributed by atoms with Crippen LogP contribution in [-0.2, 0) is 0 Å². The Kier molecular flexibility index (Phi) is 5.26. The molecule has 0 radical (unpaired) electrons. The van der Waals surface area contributed by atoms with Gasteiger partial charge in [-0.3, -0.25) is 4.40 Å². The van der Waals surface area contributed by atoms with Crippen molar-refractivity contribution in [1.82, 2.24) is 14.4 Å². The van der Waals surface area contributed by atoms with Gasteiger partial charge in [0, 0.05) is 36.3 Å². The molecule has 4 heteroatoms. The van der Waals surface area contributed by atoms with E-state index in [1.165, 1.54) is 64.3 Å².